The summed E-state index contributed by atoms with van der Waals surface area (Å²) < 4.78 is 5.70. The van der Waals surface area contributed by atoms with Gasteiger partial charge in [0, 0.05) is 18.3 Å². The molecular formula is C16H26N2O2. The number of nitrogens with two attached hydrogens (primary N) is 1. The lowest BCUT2D eigenvalue weighted by Gasteiger charge is -2.31. The maximum atomic E-state index is 9.62. The summed E-state index contributed by atoms with van der Waals surface area (Å²) in [6.45, 7) is 3.95. The minimum atomic E-state index is 0.204. The average Bonchev–Trinajstić information content (AvgIpc) is 2.71. The second kappa shape index (κ2) is 7.39. The number of anilines is 2. The van der Waals surface area contributed by atoms with E-state index < -0.39 is 0 Å². The Labute approximate surface area is 121 Å². The minimum Gasteiger partial charge on any atom is -0.491 e. The average molecular weight is 278 g/mol. The maximum Gasteiger partial charge on any atom is 0.144 e. The number of hydrogen-bond donors (Lipinski definition) is 2. The van der Waals surface area contributed by atoms with Crippen LogP contribution < -0.4 is 15.4 Å². The number of benzene rings is 1. The molecule has 1 saturated heterocycles. The first-order chi connectivity index (χ1) is 9.76. The van der Waals surface area contributed by atoms with Gasteiger partial charge in [0.1, 0.15) is 5.75 Å². The quantitative estimate of drug-likeness (QED) is 0.813. The van der Waals surface area contributed by atoms with Crippen LogP contribution in [0.15, 0.2) is 18.2 Å². The van der Waals surface area contributed by atoms with Gasteiger partial charge >= 0.3 is 0 Å². The van der Waals surface area contributed by atoms with Crippen molar-refractivity contribution in [1.29, 1.82) is 0 Å². The van der Waals surface area contributed by atoms with Gasteiger partial charge in [0.05, 0.1) is 24.9 Å². The molecule has 112 valence electrons. The molecule has 1 aromatic rings. The second-order valence-corrected chi connectivity index (χ2v) is 5.45. The van der Waals surface area contributed by atoms with Crippen LogP contribution in [-0.2, 0) is 0 Å². The summed E-state index contributed by atoms with van der Waals surface area (Å²) in [6.07, 6.45) is 5.61. The third-order valence-electron chi connectivity index (χ3n) is 3.88. The molecular weight excluding hydrogens is 252 g/mol. The van der Waals surface area contributed by atoms with E-state index in [4.69, 9.17) is 10.5 Å². The molecule has 1 heterocycles. The van der Waals surface area contributed by atoms with Crippen molar-refractivity contribution in [2.24, 2.45) is 0 Å². The van der Waals surface area contributed by atoms with Gasteiger partial charge in [-0.1, -0.05) is 19.8 Å². The largest absolute Gasteiger partial charge is 0.491 e. The zero-order chi connectivity index (χ0) is 14.4. The molecule has 0 bridgehead atoms. The zero-order valence-electron chi connectivity index (χ0n) is 12.3. The van der Waals surface area contributed by atoms with Crippen molar-refractivity contribution in [3.63, 3.8) is 0 Å². The molecule has 4 nitrogen and oxygen atoms in total. The van der Waals surface area contributed by atoms with Crippen molar-refractivity contribution in [3.05, 3.63) is 18.2 Å². The first-order valence-corrected chi connectivity index (χ1v) is 7.66. The van der Waals surface area contributed by atoms with Gasteiger partial charge in [0.15, 0.2) is 0 Å². The van der Waals surface area contributed by atoms with E-state index in [1.165, 1.54) is 19.3 Å². The monoisotopic (exact) mass is 278 g/mol. The predicted octanol–water partition coefficient (Wildman–Crippen LogP) is 2.80. The Morgan fingerprint density at radius 2 is 2.20 bits per heavy atom. The van der Waals surface area contributed by atoms with Crippen LogP contribution in [0.25, 0.3) is 0 Å². The minimum absolute atomic E-state index is 0.204. The topological polar surface area (TPSA) is 58.7 Å². The molecule has 1 aliphatic rings. The van der Waals surface area contributed by atoms with Crippen LogP contribution >= 0.6 is 0 Å². The van der Waals surface area contributed by atoms with Crippen LogP contribution in [-0.4, -0.2) is 30.9 Å². The lowest BCUT2D eigenvalue weighted by atomic mass is 10.1. The van der Waals surface area contributed by atoms with Gasteiger partial charge in [-0.05, 0) is 31.4 Å². The normalized spacial score (nSPS) is 19.7. The van der Waals surface area contributed by atoms with Gasteiger partial charge in [0.25, 0.3) is 0 Å². The SMILES string of the molecule is CCCOc1cc(N2CCCCCC2CO)ccc1N. The first-order valence-electron chi connectivity index (χ1n) is 7.66. The van der Waals surface area contributed by atoms with E-state index in [-0.39, 0.29) is 12.6 Å². The summed E-state index contributed by atoms with van der Waals surface area (Å²) in [7, 11) is 0. The van der Waals surface area contributed by atoms with E-state index in [1.807, 2.05) is 18.2 Å². The van der Waals surface area contributed by atoms with Gasteiger partial charge in [0.2, 0.25) is 0 Å². The highest BCUT2D eigenvalue weighted by Crippen LogP contribution is 2.31. The van der Waals surface area contributed by atoms with Gasteiger partial charge in [-0.3, -0.25) is 0 Å². The van der Waals surface area contributed by atoms with E-state index >= 15 is 0 Å². The molecule has 0 aliphatic carbocycles. The zero-order valence-corrected chi connectivity index (χ0v) is 12.3. The molecule has 4 heteroatoms. The highest BCUT2D eigenvalue weighted by molar-refractivity contribution is 5.62. The van der Waals surface area contributed by atoms with Crippen molar-refractivity contribution in [1.82, 2.24) is 0 Å². The standard InChI is InChI=1S/C16H26N2O2/c1-2-10-20-16-11-13(7-8-15(16)17)18-9-5-3-4-6-14(18)12-19/h7-8,11,14,19H,2-6,9-10,12,17H2,1H3. The Morgan fingerprint density at radius 1 is 1.35 bits per heavy atom. The van der Waals surface area contributed by atoms with E-state index in [2.05, 4.69) is 11.8 Å². The van der Waals surface area contributed by atoms with Crippen LogP contribution in [0.5, 0.6) is 5.75 Å². The Bertz CT molecular complexity index is 423. The van der Waals surface area contributed by atoms with Crippen molar-refractivity contribution in [2.45, 2.75) is 45.1 Å². The highest BCUT2D eigenvalue weighted by atomic mass is 16.5. The number of nitrogens with zero attached hydrogens (tertiary/aromatic N) is 1. The highest BCUT2D eigenvalue weighted by Gasteiger charge is 2.21. The summed E-state index contributed by atoms with van der Waals surface area (Å²) in [5.74, 6) is 0.755. The van der Waals surface area contributed by atoms with Crippen molar-refractivity contribution < 1.29 is 9.84 Å². The lowest BCUT2D eigenvalue weighted by molar-refractivity contribution is 0.255. The summed E-state index contributed by atoms with van der Waals surface area (Å²) in [5.41, 5.74) is 7.75. The van der Waals surface area contributed by atoms with Crippen molar-refractivity contribution >= 4 is 11.4 Å². The molecule has 1 atom stereocenters. The van der Waals surface area contributed by atoms with Crippen molar-refractivity contribution in [3.8, 4) is 5.75 Å². The molecule has 2 rings (SSSR count). The second-order valence-electron chi connectivity index (χ2n) is 5.45. The Kier molecular flexibility index (Phi) is 5.53. The van der Waals surface area contributed by atoms with Crippen molar-refractivity contribution in [2.75, 3.05) is 30.4 Å². The fraction of sp³-hybridized carbons (Fsp3) is 0.625. The molecule has 1 aliphatic heterocycles. The van der Waals surface area contributed by atoms with Gasteiger partial charge in [-0.15, -0.1) is 0 Å². The van der Waals surface area contributed by atoms with Gasteiger partial charge in [-0.25, -0.2) is 0 Å². The Hall–Kier alpha value is -1.42. The summed E-state index contributed by atoms with van der Waals surface area (Å²) >= 11 is 0. The summed E-state index contributed by atoms with van der Waals surface area (Å²) in [6, 6.07) is 6.15. The summed E-state index contributed by atoms with van der Waals surface area (Å²) in [4.78, 5) is 2.30. The van der Waals surface area contributed by atoms with E-state index in [1.54, 1.807) is 0 Å². The fourth-order valence-corrected chi connectivity index (χ4v) is 2.75. The number of ether oxygens (including phenoxy) is 1. The smallest absolute Gasteiger partial charge is 0.144 e. The predicted molar refractivity (Wildman–Crippen MR) is 83.3 cm³/mol. The molecule has 0 radical (unpaired) electrons. The number of aliphatic hydroxyl groups excluding tert-OH is 1. The van der Waals surface area contributed by atoms with Crippen LogP contribution in [0, 0.1) is 0 Å². The van der Waals surface area contributed by atoms with E-state index in [9.17, 15) is 5.11 Å². The van der Waals surface area contributed by atoms with Crippen LogP contribution in [0.3, 0.4) is 0 Å². The lowest BCUT2D eigenvalue weighted by Crippen LogP contribution is -2.37. The molecule has 1 aromatic carbocycles. The number of aliphatic hydroxyl groups is 1. The van der Waals surface area contributed by atoms with Crippen LogP contribution in [0.1, 0.15) is 39.0 Å². The third kappa shape index (κ3) is 3.57. The number of rotatable bonds is 5. The molecule has 0 saturated carbocycles. The molecule has 0 spiro atoms. The van der Waals surface area contributed by atoms with Crippen LogP contribution in [0.2, 0.25) is 0 Å². The third-order valence-corrected chi connectivity index (χ3v) is 3.88. The first kappa shape index (κ1) is 15.0. The molecule has 0 aromatic heterocycles. The molecule has 20 heavy (non-hydrogen) atoms. The maximum absolute atomic E-state index is 9.62. The molecule has 3 N–H and O–H groups in total. The number of hydrogen-bond acceptors (Lipinski definition) is 4. The Balaban J connectivity index is 2.20. The number of nitrogen functional groups attached to an aromatic ring is 1. The molecule has 0 amide bonds. The molecule has 1 fully saturated rings. The summed E-state index contributed by atoms with van der Waals surface area (Å²) in [5, 5.41) is 9.62. The fourth-order valence-electron chi connectivity index (χ4n) is 2.75. The Morgan fingerprint density at radius 3 is 2.95 bits per heavy atom. The van der Waals surface area contributed by atoms with E-state index in [0.29, 0.717) is 12.3 Å². The van der Waals surface area contributed by atoms with Crippen LogP contribution in [0.4, 0.5) is 11.4 Å². The molecule has 1 unspecified atom stereocenters. The van der Waals surface area contributed by atoms with E-state index in [0.717, 1.165) is 30.8 Å². The van der Waals surface area contributed by atoms with Gasteiger partial charge in [-0.2, -0.15) is 0 Å². The van der Waals surface area contributed by atoms with Gasteiger partial charge < -0.3 is 20.5 Å².